The van der Waals surface area contributed by atoms with E-state index in [1.54, 1.807) is 12.1 Å². The predicted octanol–water partition coefficient (Wildman–Crippen LogP) is 4.08. The Morgan fingerprint density at radius 2 is 1.61 bits per heavy atom. The van der Waals surface area contributed by atoms with E-state index in [-0.39, 0.29) is 11.7 Å². The Kier molecular flexibility index (Phi) is 8.29. The average Bonchev–Trinajstić information content (AvgIpc) is 3.44. The molecule has 2 saturated heterocycles. The first-order valence-electron chi connectivity index (χ1n) is 11.9. The standard InChI is InChI=1S/C26H33F2N3O2/c27-26(28)33-22-12-10-20(11-13-22)14-15-29-25(32)19-31-17-5-9-24(31)23-8-4-16-30(23)18-21-6-2-1-3-7-21/h1-3,6-7,10-13,23-24,26H,4-5,8-9,14-19H2,(H,29,32)/t23-,24-/m1/s1. The van der Waals surface area contributed by atoms with Gasteiger partial charge in [0.2, 0.25) is 5.91 Å². The first kappa shape index (κ1) is 23.6. The van der Waals surface area contributed by atoms with Crippen LogP contribution in [0.15, 0.2) is 54.6 Å². The number of carbonyl (C=O) groups is 1. The van der Waals surface area contributed by atoms with E-state index >= 15 is 0 Å². The first-order chi connectivity index (χ1) is 16.1. The van der Waals surface area contributed by atoms with Crippen molar-refractivity contribution in [1.82, 2.24) is 15.1 Å². The molecule has 0 bridgehead atoms. The van der Waals surface area contributed by atoms with Crippen molar-refractivity contribution in [2.45, 2.75) is 57.3 Å². The Morgan fingerprint density at radius 3 is 2.30 bits per heavy atom. The van der Waals surface area contributed by atoms with Crippen LogP contribution in [-0.2, 0) is 17.8 Å². The van der Waals surface area contributed by atoms with Crippen LogP contribution >= 0.6 is 0 Å². The molecular weight excluding hydrogens is 424 g/mol. The van der Waals surface area contributed by atoms with E-state index < -0.39 is 6.61 Å². The van der Waals surface area contributed by atoms with Crippen LogP contribution in [0.3, 0.4) is 0 Å². The van der Waals surface area contributed by atoms with Gasteiger partial charge in [0, 0.05) is 25.2 Å². The zero-order valence-electron chi connectivity index (χ0n) is 19.0. The molecule has 0 unspecified atom stereocenters. The Morgan fingerprint density at radius 1 is 0.939 bits per heavy atom. The van der Waals surface area contributed by atoms with E-state index in [9.17, 15) is 13.6 Å². The first-order valence-corrected chi connectivity index (χ1v) is 11.9. The topological polar surface area (TPSA) is 44.8 Å². The average molecular weight is 458 g/mol. The molecule has 2 fully saturated rings. The molecule has 4 rings (SSSR count). The summed E-state index contributed by atoms with van der Waals surface area (Å²) in [6.45, 7) is 1.20. The summed E-state index contributed by atoms with van der Waals surface area (Å²) >= 11 is 0. The molecule has 33 heavy (non-hydrogen) atoms. The number of likely N-dealkylation sites (tertiary alicyclic amines) is 2. The van der Waals surface area contributed by atoms with Gasteiger partial charge in [-0.1, -0.05) is 42.5 Å². The van der Waals surface area contributed by atoms with Crippen molar-refractivity contribution in [2.75, 3.05) is 26.2 Å². The number of ether oxygens (including phenoxy) is 1. The predicted molar refractivity (Wildman–Crippen MR) is 124 cm³/mol. The lowest BCUT2D eigenvalue weighted by atomic mass is 10.0. The number of nitrogens with zero attached hydrogens (tertiary/aromatic N) is 2. The molecule has 2 aliphatic heterocycles. The maximum atomic E-state index is 12.6. The van der Waals surface area contributed by atoms with Crippen molar-refractivity contribution < 1.29 is 18.3 Å². The number of rotatable bonds is 10. The highest BCUT2D eigenvalue weighted by Gasteiger charge is 2.38. The molecule has 1 N–H and O–H groups in total. The highest BCUT2D eigenvalue weighted by molar-refractivity contribution is 5.78. The molecular formula is C26H33F2N3O2. The summed E-state index contributed by atoms with van der Waals surface area (Å²) in [6, 6.07) is 18.1. The van der Waals surface area contributed by atoms with Crippen LogP contribution in [0.2, 0.25) is 0 Å². The van der Waals surface area contributed by atoms with Crippen molar-refractivity contribution >= 4 is 5.91 Å². The second-order valence-corrected chi connectivity index (χ2v) is 8.97. The van der Waals surface area contributed by atoms with E-state index in [2.05, 4.69) is 50.2 Å². The highest BCUT2D eigenvalue weighted by atomic mass is 19.3. The molecule has 0 aromatic heterocycles. The van der Waals surface area contributed by atoms with Crippen LogP contribution in [0.1, 0.15) is 36.8 Å². The van der Waals surface area contributed by atoms with Gasteiger partial charge in [-0.15, -0.1) is 0 Å². The molecule has 178 valence electrons. The molecule has 0 aliphatic carbocycles. The van der Waals surface area contributed by atoms with Crippen molar-refractivity contribution in [2.24, 2.45) is 0 Å². The Hall–Kier alpha value is -2.51. The minimum absolute atomic E-state index is 0.0483. The largest absolute Gasteiger partial charge is 0.435 e. The summed E-state index contributed by atoms with van der Waals surface area (Å²) in [7, 11) is 0. The molecule has 2 aromatic rings. The van der Waals surface area contributed by atoms with Gasteiger partial charge in [0.15, 0.2) is 0 Å². The van der Waals surface area contributed by atoms with Crippen LogP contribution < -0.4 is 10.1 Å². The number of carbonyl (C=O) groups excluding carboxylic acids is 1. The minimum Gasteiger partial charge on any atom is -0.435 e. The second-order valence-electron chi connectivity index (χ2n) is 8.97. The quantitative estimate of drug-likeness (QED) is 0.584. The molecule has 0 radical (unpaired) electrons. The van der Waals surface area contributed by atoms with E-state index in [0.29, 0.717) is 31.6 Å². The lowest BCUT2D eigenvalue weighted by molar-refractivity contribution is -0.122. The number of alkyl halides is 2. The number of hydrogen-bond donors (Lipinski definition) is 1. The van der Waals surface area contributed by atoms with Gasteiger partial charge in [0.25, 0.3) is 0 Å². The van der Waals surface area contributed by atoms with E-state index in [1.807, 2.05) is 0 Å². The molecule has 2 aromatic carbocycles. The second kappa shape index (κ2) is 11.6. The van der Waals surface area contributed by atoms with Crippen LogP contribution in [0, 0.1) is 0 Å². The SMILES string of the molecule is O=C(CN1CCC[C@@H]1[C@H]1CCCN1Cc1ccccc1)NCCc1ccc(OC(F)F)cc1. The summed E-state index contributed by atoms with van der Waals surface area (Å²) in [5, 5.41) is 3.02. The van der Waals surface area contributed by atoms with Gasteiger partial charge >= 0.3 is 6.61 Å². The van der Waals surface area contributed by atoms with Gasteiger partial charge in [-0.3, -0.25) is 14.6 Å². The molecule has 7 heteroatoms. The van der Waals surface area contributed by atoms with Crippen molar-refractivity contribution in [3.63, 3.8) is 0 Å². The fraction of sp³-hybridized carbons (Fsp3) is 0.500. The van der Waals surface area contributed by atoms with E-state index in [1.165, 1.54) is 30.5 Å². The van der Waals surface area contributed by atoms with Gasteiger partial charge < -0.3 is 10.1 Å². The highest BCUT2D eigenvalue weighted by Crippen LogP contribution is 2.30. The van der Waals surface area contributed by atoms with Gasteiger partial charge in [-0.05, 0) is 68.5 Å². The van der Waals surface area contributed by atoms with Crippen molar-refractivity contribution in [3.8, 4) is 5.75 Å². The van der Waals surface area contributed by atoms with Gasteiger partial charge in [-0.2, -0.15) is 8.78 Å². The van der Waals surface area contributed by atoms with Gasteiger partial charge in [0.1, 0.15) is 5.75 Å². The molecule has 1 amide bonds. The van der Waals surface area contributed by atoms with E-state index in [0.717, 1.165) is 38.0 Å². The Bertz CT molecular complexity index is 879. The summed E-state index contributed by atoms with van der Waals surface area (Å²) in [4.78, 5) is 17.6. The summed E-state index contributed by atoms with van der Waals surface area (Å²) in [5.41, 5.74) is 2.32. The lowest BCUT2D eigenvalue weighted by Gasteiger charge is -2.34. The van der Waals surface area contributed by atoms with Gasteiger partial charge in [0.05, 0.1) is 6.54 Å². The summed E-state index contributed by atoms with van der Waals surface area (Å²) in [6.07, 6.45) is 5.35. The molecule has 2 aliphatic rings. The number of amides is 1. The monoisotopic (exact) mass is 457 g/mol. The van der Waals surface area contributed by atoms with E-state index in [4.69, 9.17) is 0 Å². The van der Waals surface area contributed by atoms with Crippen molar-refractivity contribution in [1.29, 1.82) is 0 Å². The molecule has 2 atom stereocenters. The zero-order valence-corrected chi connectivity index (χ0v) is 19.0. The molecule has 0 saturated carbocycles. The number of benzene rings is 2. The smallest absolute Gasteiger partial charge is 0.387 e. The lowest BCUT2D eigenvalue weighted by Crippen LogP contribution is -2.48. The van der Waals surface area contributed by atoms with Crippen molar-refractivity contribution in [3.05, 3.63) is 65.7 Å². The van der Waals surface area contributed by atoms with Crippen LogP contribution in [0.25, 0.3) is 0 Å². The zero-order chi connectivity index (χ0) is 23.0. The normalized spacial score (nSPS) is 21.5. The number of halogens is 2. The fourth-order valence-electron chi connectivity index (χ4n) is 5.21. The maximum absolute atomic E-state index is 12.6. The fourth-order valence-corrected chi connectivity index (χ4v) is 5.21. The third kappa shape index (κ3) is 6.74. The maximum Gasteiger partial charge on any atom is 0.387 e. The van der Waals surface area contributed by atoms with Crippen LogP contribution in [-0.4, -0.2) is 60.6 Å². The molecule has 2 heterocycles. The van der Waals surface area contributed by atoms with Crippen LogP contribution in [0.5, 0.6) is 5.75 Å². The number of nitrogens with one attached hydrogen (secondary N) is 1. The summed E-state index contributed by atoms with van der Waals surface area (Å²) in [5.74, 6) is 0.193. The Balaban J connectivity index is 1.23. The van der Waals surface area contributed by atoms with Crippen LogP contribution in [0.4, 0.5) is 8.78 Å². The minimum atomic E-state index is -2.82. The Labute approximate surface area is 194 Å². The third-order valence-electron chi connectivity index (χ3n) is 6.73. The molecule has 5 nitrogen and oxygen atoms in total. The van der Waals surface area contributed by atoms with Gasteiger partial charge in [-0.25, -0.2) is 0 Å². The third-order valence-corrected chi connectivity index (χ3v) is 6.73. The molecule has 0 spiro atoms. The number of hydrogen-bond acceptors (Lipinski definition) is 4. The summed E-state index contributed by atoms with van der Waals surface area (Å²) < 4.78 is 28.9.